The van der Waals surface area contributed by atoms with Crippen molar-refractivity contribution in [3.8, 4) is 11.5 Å². The average molecular weight is 627 g/mol. The number of hydrogen-bond donors (Lipinski definition) is 1. The van der Waals surface area contributed by atoms with Crippen LogP contribution in [-0.4, -0.2) is 30.7 Å². The predicted octanol–water partition coefficient (Wildman–Crippen LogP) is 8.12. The number of hydrogen-bond acceptors (Lipinski definition) is 6. The van der Waals surface area contributed by atoms with Crippen molar-refractivity contribution in [1.82, 2.24) is 0 Å². The number of carbonyl (C=O) groups is 3. The summed E-state index contributed by atoms with van der Waals surface area (Å²) in [7, 11) is 0. The van der Waals surface area contributed by atoms with Gasteiger partial charge in [-0.05, 0) is 60.1 Å². The summed E-state index contributed by atoms with van der Waals surface area (Å²) in [5.74, 6) is 0.654. The fourth-order valence-corrected chi connectivity index (χ4v) is 6.63. The summed E-state index contributed by atoms with van der Waals surface area (Å²) in [6.45, 7) is 11.9. The van der Waals surface area contributed by atoms with Gasteiger partial charge in [-0.3, -0.25) is 14.4 Å². The monoisotopic (exact) mass is 625 g/mol. The van der Waals surface area contributed by atoms with Gasteiger partial charge >= 0.3 is 0 Å². The lowest BCUT2D eigenvalue weighted by Crippen LogP contribution is -2.37. The number of anilines is 1. The molecule has 0 unspecified atom stereocenters. The second-order valence-electron chi connectivity index (χ2n) is 13.2. The van der Waals surface area contributed by atoms with E-state index >= 15 is 0 Å². The van der Waals surface area contributed by atoms with E-state index in [1.807, 2.05) is 47.6 Å². The Morgan fingerprint density at radius 2 is 1.51 bits per heavy atom. The minimum absolute atomic E-state index is 0.0391. The molecule has 3 aliphatic rings. The number of allylic oxidation sites excluding steroid dienone is 4. The van der Waals surface area contributed by atoms with Crippen molar-refractivity contribution >= 4 is 46.4 Å². The van der Waals surface area contributed by atoms with Crippen LogP contribution >= 0.6 is 23.2 Å². The Balaban J connectivity index is 1.51. The summed E-state index contributed by atoms with van der Waals surface area (Å²) < 4.78 is 18.2. The molecule has 0 atom stereocenters. The van der Waals surface area contributed by atoms with Crippen molar-refractivity contribution in [2.75, 3.05) is 18.5 Å². The lowest BCUT2D eigenvalue weighted by Gasteiger charge is -2.42. The van der Waals surface area contributed by atoms with E-state index in [1.165, 1.54) is 0 Å². The number of carbonyl (C=O) groups excluding carboxylic acids is 3. The van der Waals surface area contributed by atoms with E-state index in [1.54, 1.807) is 24.3 Å². The van der Waals surface area contributed by atoms with Crippen LogP contribution in [0.5, 0.6) is 11.5 Å². The number of Topliss-reactive ketones (excluding diaryl/α,β-unsaturated/α-hetero) is 2. The highest BCUT2D eigenvalue weighted by molar-refractivity contribution is 6.32. The molecule has 1 aliphatic heterocycles. The Hall–Kier alpha value is -3.29. The van der Waals surface area contributed by atoms with Crippen molar-refractivity contribution in [3.63, 3.8) is 0 Å². The SMILES string of the molecule is CCOc1cc(C2C3=C(CC(C)(C)CC3=O)OC3=C2C(=O)CC(C)(C)C3)cc(Cl)c1OCC(=O)Nc1ccc(C)c(Cl)c1. The third-order valence-corrected chi connectivity index (χ3v) is 8.74. The summed E-state index contributed by atoms with van der Waals surface area (Å²) in [5, 5.41) is 3.51. The standard InChI is InChI=1S/C34H37Cl2NO6/c1-7-41-25-11-19(10-22(36)32(25)42-17-28(40)37-20-9-8-18(2)21(35)12-20)29-30-23(38)13-33(3,4)15-26(30)43-27-16-34(5,6)14-24(39)31(27)29/h8-12,29H,7,13-17H2,1-6H3,(H,37,40). The molecule has 5 rings (SSSR count). The molecular formula is C34H37Cl2NO6. The van der Waals surface area contributed by atoms with Crippen molar-refractivity contribution in [2.24, 2.45) is 10.8 Å². The van der Waals surface area contributed by atoms with E-state index < -0.39 is 11.8 Å². The molecule has 0 bridgehead atoms. The molecule has 0 radical (unpaired) electrons. The van der Waals surface area contributed by atoms with E-state index in [0.29, 0.717) is 77.0 Å². The fraction of sp³-hybridized carbons (Fsp3) is 0.441. The van der Waals surface area contributed by atoms with E-state index in [-0.39, 0.29) is 39.8 Å². The molecule has 2 aliphatic carbocycles. The highest BCUT2D eigenvalue weighted by Crippen LogP contribution is 2.54. The number of rotatable bonds is 7. The maximum absolute atomic E-state index is 13.7. The van der Waals surface area contributed by atoms with Gasteiger partial charge in [-0.15, -0.1) is 0 Å². The number of halogens is 2. The smallest absolute Gasteiger partial charge is 0.262 e. The van der Waals surface area contributed by atoms with Crippen LogP contribution in [0.2, 0.25) is 10.0 Å². The highest BCUT2D eigenvalue weighted by Gasteiger charge is 2.48. The summed E-state index contributed by atoms with van der Waals surface area (Å²) in [5.41, 5.74) is 2.58. The van der Waals surface area contributed by atoms with E-state index in [2.05, 4.69) is 5.32 Å². The van der Waals surface area contributed by atoms with E-state index in [0.717, 1.165) is 5.56 Å². The first kappa shape index (κ1) is 31.1. The Morgan fingerprint density at radius 3 is 2.07 bits per heavy atom. The van der Waals surface area contributed by atoms with Crippen LogP contribution in [-0.2, 0) is 19.1 Å². The number of amides is 1. The highest BCUT2D eigenvalue weighted by atomic mass is 35.5. The topological polar surface area (TPSA) is 90.9 Å². The second kappa shape index (κ2) is 11.7. The Kier molecular flexibility index (Phi) is 8.45. The van der Waals surface area contributed by atoms with E-state index in [9.17, 15) is 14.4 Å². The molecule has 1 amide bonds. The Labute approximate surface area is 262 Å². The zero-order valence-corrected chi connectivity index (χ0v) is 26.9. The number of nitrogens with one attached hydrogen (secondary N) is 1. The van der Waals surface area contributed by atoms with Crippen molar-refractivity contribution in [1.29, 1.82) is 0 Å². The minimum atomic E-state index is -0.633. The van der Waals surface area contributed by atoms with Gasteiger partial charge in [-0.25, -0.2) is 0 Å². The molecule has 9 heteroatoms. The summed E-state index contributed by atoms with van der Waals surface area (Å²) in [6, 6.07) is 8.70. The minimum Gasteiger partial charge on any atom is -0.490 e. The van der Waals surface area contributed by atoms with Crippen molar-refractivity contribution in [3.05, 3.63) is 74.2 Å². The lowest BCUT2D eigenvalue weighted by molar-refractivity contribution is -0.120. The molecule has 0 saturated carbocycles. The van der Waals surface area contributed by atoms with Crippen LogP contribution in [0.25, 0.3) is 0 Å². The molecule has 2 aromatic carbocycles. The van der Waals surface area contributed by atoms with Crippen LogP contribution in [0.3, 0.4) is 0 Å². The Bertz CT molecular complexity index is 1530. The lowest BCUT2D eigenvalue weighted by atomic mass is 9.65. The van der Waals surface area contributed by atoms with Gasteiger partial charge < -0.3 is 19.5 Å². The van der Waals surface area contributed by atoms with Gasteiger partial charge in [0.2, 0.25) is 0 Å². The molecule has 0 spiro atoms. The van der Waals surface area contributed by atoms with Crippen LogP contribution < -0.4 is 14.8 Å². The van der Waals surface area contributed by atoms with E-state index in [4.69, 9.17) is 37.4 Å². The van der Waals surface area contributed by atoms with Crippen molar-refractivity contribution < 1.29 is 28.6 Å². The molecule has 43 heavy (non-hydrogen) atoms. The maximum atomic E-state index is 13.7. The Morgan fingerprint density at radius 1 is 0.907 bits per heavy atom. The number of ether oxygens (including phenoxy) is 3. The molecule has 0 aromatic heterocycles. The van der Waals surface area contributed by atoms with Gasteiger partial charge in [0.25, 0.3) is 5.91 Å². The van der Waals surface area contributed by atoms with Gasteiger partial charge in [0.15, 0.2) is 29.7 Å². The number of ketones is 2. The summed E-state index contributed by atoms with van der Waals surface area (Å²) in [6.07, 6.45) is 1.88. The normalized spacial score (nSPS) is 19.4. The van der Waals surface area contributed by atoms with Gasteiger partial charge in [0.1, 0.15) is 11.5 Å². The first-order chi connectivity index (χ1) is 20.2. The molecule has 0 saturated heterocycles. The second-order valence-corrected chi connectivity index (χ2v) is 14.0. The van der Waals surface area contributed by atoms with Gasteiger partial charge in [0.05, 0.1) is 11.6 Å². The maximum Gasteiger partial charge on any atom is 0.262 e. The van der Waals surface area contributed by atoms with Gasteiger partial charge in [0, 0.05) is 53.5 Å². The number of aryl methyl sites for hydroxylation is 1. The summed E-state index contributed by atoms with van der Waals surface area (Å²) >= 11 is 13.0. The molecule has 7 nitrogen and oxygen atoms in total. The molecule has 2 aromatic rings. The quantitative estimate of drug-likeness (QED) is 0.334. The molecule has 0 fully saturated rings. The number of benzene rings is 2. The molecule has 1 N–H and O–H groups in total. The first-order valence-electron chi connectivity index (χ1n) is 14.5. The first-order valence-corrected chi connectivity index (χ1v) is 15.3. The molecular weight excluding hydrogens is 589 g/mol. The van der Waals surface area contributed by atoms with Gasteiger partial charge in [-0.2, -0.15) is 0 Å². The zero-order valence-electron chi connectivity index (χ0n) is 25.4. The van der Waals surface area contributed by atoms with Crippen LogP contribution in [0, 0.1) is 17.8 Å². The van der Waals surface area contributed by atoms with Crippen LogP contribution in [0.1, 0.15) is 77.3 Å². The largest absolute Gasteiger partial charge is 0.490 e. The van der Waals surface area contributed by atoms with Crippen LogP contribution in [0.15, 0.2) is 53.0 Å². The third-order valence-electron chi connectivity index (χ3n) is 8.05. The van der Waals surface area contributed by atoms with Gasteiger partial charge in [-0.1, -0.05) is 57.0 Å². The third kappa shape index (κ3) is 6.48. The van der Waals surface area contributed by atoms with Crippen molar-refractivity contribution in [2.45, 2.75) is 73.1 Å². The predicted molar refractivity (Wildman–Crippen MR) is 167 cm³/mol. The summed E-state index contributed by atoms with van der Waals surface area (Å²) in [4.78, 5) is 40.0. The average Bonchev–Trinajstić information content (AvgIpc) is 2.87. The molecule has 228 valence electrons. The molecule has 1 heterocycles. The van der Waals surface area contributed by atoms with Crippen LogP contribution in [0.4, 0.5) is 5.69 Å². The fourth-order valence-electron chi connectivity index (χ4n) is 6.17. The zero-order chi connectivity index (χ0) is 31.3.